The maximum absolute atomic E-state index is 12.8. The van der Waals surface area contributed by atoms with Gasteiger partial charge in [0, 0.05) is 52.2 Å². The molecule has 0 aromatic heterocycles. The van der Waals surface area contributed by atoms with Crippen molar-refractivity contribution in [3.8, 4) is 0 Å². The summed E-state index contributed by atoms with van der Waals surface area (Å²) in [5, 5.41) is 5.79. The molecule has 2 aliphatic heterocycles. The Morgan fingerprint density at radius 3 is 2.41 bits per heavy atom. The van der Waals surface area contributed by atoms with E-state index in [1.165, 1.54) is 0 Å². The highest BCUT2D eigenvalue weighted by molar-refractivity contribution is 5.85. The first-order chi connectivity index (χ1) is 13.4. The van der Waals surface area contributed by atoms with Gasteiger partial charge in [-0.3, -0.25) is 9.59 Å². The number of piperidine rings is 2. The van der Waals surface area contributed by atoms with Gasteiger partial charge in [-0.1, -0.05) is 13.8 Å². The van der Waals surface area contributed by atoms with E-state index < -0.39 is 0 Å². The summed E-state index contributed by atoms with van der Waals surface area (Å²) in [5.41, 5.74) is 5.44. The first-order valence-electron chi connectivity index (χ1n) is 10.7. The summed E-state index contributed by atoms with van der Waals surface area (Å²) >= 11 is 0. The fourth-order valence-electron chi connectivity index (χ4n) is 3.95. The molecule has 2 aliphatic rings. The van der Waals surface area contributed by atoms with Crippen LogP contribution in [0.15, 0.2) is 0 Å². The third kappa shape index (κ3) is 8.38. The highest BCUT2D eigenvalue weighted by atomic mass is 35.5. The fourth-order valence-corrected chi connectivity index (χ4v) is 3.95. The van der Waals surface area contributed by atoms with Gasteiger partial charge in [0.25, 0.3) is 0 Å². The summed E-state index contributed by atoms with van der Waals surface area (Å²) in [6.45, 7) is 8.28. The third-order valence-electron chi connectivity index (χ3n) is 5.52. The van der Waals surface area contributed by atoms with Crippen molar-refractivity contribution in [2.24, 2.45) is 23.5 Å². The lowest BCUT2D eigenvalue weighted by atomic mass is 9.92. The van der Waals surface area contributed by atoms with E-state index in [2.05, 4.69) is 24.5 Å². The first-order valence-corrected chi connectivity index (χ1v) is 10.7. The molecule has 168 valence electrons. The van der Waals surface area contributed by atoms with Gasteiger partial charge in [0.1, 0.15) is 0 Å². The van der Waals surface area contributed by atoms with E-state index in [9.17, 15) is 14.4 Å². The molecule has 8 nitrogen and oxygen atoms in total. The number of nitrogens with one attached hydrogen (secondary N) is 2. The van der Waals surface area contributed by atoms with Crippen LogP contribution in [0.2, 0.25) is 0 Å². The summed E-state index contributed by atoms with van der Waals surface area (Å²) in [7, 11) is 0. The Labute approximate surface area is 180 Å². The minimum absolute atomic E-state index is 0. The van der Waals surface area contributed by atoms with Gasteiger partial charge in [0.15, 0.2) is 0 Å². The molecule has 2 unspecified atom stereocenters. The molecule has 2 rings (SSSR count). The zero-order chi connectivity index (χ0) is 20.5. The lowest BCUT2D eigenvalue weighted by Crippen LogP contribution is -2.49. The van der Waals surface area contributed by atoms with Gasteiger partial charge in [-0.05, 0) is 37.5 Å². The highest BCUT2D eigenvalue weighted by Gasteiger charge is 2.31. The van der Waals surface area contributed by atoms with Gasteiger partial charge >= 0.3 is 6.03 Å². The van der Waals surface area contributed by atoms with Gasteiger partial charge in [-0.2, -0.15) is 0 Å². The molecule has 4 amide bonds. The second-order valence-electron chi connectivity index (χ2n) is 8.50. The van der Waals surface area contributed by atoms with Crippen LogP contribution in [0.1, 0.15) is 46.0 Å². The topological polar surface area (TPSA) is 108 Å². The maximum Gasteiger partial charge on any atom is 0.317 e. The summed E-state index contributed by atoms with van der Waals surface area (Å²) in [4.78, 5) is 41.0. The number of urea groups is 1. The molecule has 0 bridgehead atoms. The second-order valence-corrected chi connectivity index (χ2v) is 8.50. The van der Waals surface area contributed by atoms with E-state index in [4.69, 9.17) is 5.73 Å². The standard InChI is InChI=1S/C20H37N5O3.ClH/c1-15(2)12-23-20(28)25-10-3-5-16(13-25)11-18(26)24-9-4-6-17(14-24)19(27)22-8-7-21;/h15-17H,3-14,21H2,1-2H3,(H,22,27)(H,23,28);1H. The Hall–Kier alpha value is -1.54. The molecule has 29 heavy (non-hydrogen) atoms. The van der Waals surface area contributed by atoms with Crippen LogP contribution in [0.4, 0.5) is 4.79 Å². The van der Waals surface area contributed by atoms with Crippen LogP contribution >= 0.6 is 12.4 Å². The van der Waals surface area contributed by atoms with E-state index in [0.717, 1.165) is 32.2 Å². The first kappa shape index (κ1) is 25.5. The summed E-state index contributed by atoms with van der Waals surface area (Å²) in [6, 6.07) is -0.0274. The molecule has 2 fully saturated rings. The average Bonchev–Trinajstić information content (AvgIpc) is 2.70. The molecule has 0 saturated carbocycles. The van der Waals surface area contributed by atoms with E-state index in [-0.39, 0.29) is 42.1 Å². The van der Waals surface area contributed by atoms with Crippen molar-refractivity contribution in [2.75, 3.05) is 45.8 Å². The number of rotatable bonds is 7. The van der Waals surface area contributed by atoms with Gasteiger partial charge in [-0.15, -0.1) is 12.4 Å². The Morgan fingerprint density at radius 1 is 1.03 bits per heavy atom. The van der Waals surface area contributed by atoms with Crippen molar-refractivity contribution in [2.45, 2.75) is 46.0 Å². The zero-order valence-electron chi connectivity index (χ0n) is 17.8. The zero-order valence-corrected chi connectivity index (χ0v) is 18.6. The quantitative estimate of drug-likeness (QED) is 0.562. The molecule has 2 saturated heterocycles. The number of carbonyl (C=O) groups is 3. The molecule has 0 aliphatic carbocycles. The highest BCUT2D eigenvalue weighted by Crippen LogP contribution is 2.23. The summed E-state index contributed by atoms with van der Waals surface area (Å²) < 4.78 is 0. The average molecular weight is 432 g/mol. The predicted molar refractivity (Wildman–Crippen MR) is 116 cm³/mol. The Bertz CT molecular complexity index is 546. The van der Waals surface area contributed by atoms with Crippen molar-refractivity contribution < 1.29 is 14.4 Å². The minimum atomic E-state index is -0.145. The van der Waals surface area contributed by atoms with E-state index >= 15 is 0 Å². The molecule has 2 heterocycles. The van der Waals surface area contributed by atoms with Crippen LogP contribution in [-0.2, 0) is 9.59 Å². The number of hydrogen-bond acceptors (Lipinski definition) is 4. The van der Waals surface area contributed by atoms with Gasteiger partial charge < -0.3 is 26.2 Å². The third-order valence-corrected chi connectivity index (χ3v) is 5.52. The van der Waals surface area contributed by atoms with Crippen molar-refractivity contribution in [3.63, 3.8) is 0 Å². The Kier molecular flexibility index (Phi) is 11.3. The maximum atomic E-state index is 12.8. The van der Waals surface area contributed by atoms with Crippen molar-refractivity contribution in [1.29, 1.82) is 0 Å². The van der Waals surface area contributed by atoms with Gasteiger partial charge in [0.2, 0.25) is 11.8 Å². The lowest BCUT2D eigenvalue weighted by molar-refractivity contribution is -0.136. The van der Waals surface area contributed by atoms with Gasteiger partial charge in [-0.25, -0.2) is 4.79 Å². The molecular weight excluding hydrogens is 394 g/mol. The number of nitrogens with zero attached hydrogens (tertiary/aromatic N) is 2. The molecule has 0 spiro atoms. The number of amides is 4. The smallest absolute Gasteiger partial charge is 0.317 e. The van der Waals surface area contributed by atoms with Crippen LogP contribution in [0.25, 0.3) is 0 Å². The van der Waals surface area contributed by atoms with E-state index in [1.54, 1.807) is 0 Å². The van der Waals surface area contributed by atoms with E-state index in [0.29, 0.717) is 51.6 Å². The SMILES string of the molecule is CC(C)CNC(=O)N1CCCC(CC(=O)N2CCCC(C(=O)NCCN)C2)C1.Cl. The molecule has 2 atom stereocenters. The number of carbonyl (C=O) groups excluding carboxylic acids is 3. The summed E-state index contributed by atoms with van der Waals surface area (Å²) in [6.07, 6.45) is 4.00. The van der Waals surface area contributed by atoms with E-state index in [1.807, 2.05) is 9.80 Å². The lowest BCUT2D eigenvalue weighted by Gasteiger charge is -2.36. The van der Waals surface area contributed by atoms with Crippen LogP contribution in [0.3, 0.4) is 0 Å². The second kappa shape index (κ2) is 12.9. The molecular formula is C20H38ClN5O3. The molecule has 4 N–H and O–H groups in total. The Morgan fingerprint density at radius 2 is 1.72 bits per heavy atom. The molecule has 9 heteroatoms. The Balaban J connectivity index is 0.00000420. The monoisotopic (exact) mass is 431 g/mol. The van der Waals surface area contributed by atoms with Gasteiger partial charge in [0.05, 0.1) is 5.92 Å². The number of nitrogens with two attached hydrogens (primary N) is 1. The minimum Gasteiger partial charge on any atom is -0.355 e. The molecule has 0 aromatic carbocycles. The molecule has 0 aromatic rings. The van der Waals surface area contributed by atoms with Crippen LogP contribution in [0, 0.1) is 17.8 Å². The van der Waals surface area contributed by atoms with Crippen LogP contribution in [-0.4, -0.2) is 73.5 Å². The van der Waals surface area contributed by atoms with Crippen molar-refractivity contribution in [3.05, 3.63) is 0 Å². The fraction of sp³-hybridized carbons (Fsp3) is 0.850. The largest absolute Gasteiger partial charge is 0.355 e. The molecule has 0 radical (unpaired) electrons. The number of likely N-dealkylation sites (tertiary alicyclic amines) is 2. The summed E-state index contributed by atoms with van der Waals surface area (Å²) in [5.74, 6) is 0.561. The number of halogens is 1. The van der Waals surface area contributed by atoms with Crippen molar-refractivity contribution in [1.82, 2.24) is 20.4 Å². The normalized spacial score (nSPS) is 22.1. The van der Waals surface area contributed by atoms with Crippen LogP contribution in [0.5, 0.6) is 0 Å². The predicted octanol–water partition coefficient (Wildman–Crippen LogP) is 1.19. The van der Waals surface area contributed by atoms with Crippen LogP contribution < -0.4 is 16.4 Å². The number of hydrogen-bond donors (Lipinski definition) is 3. The van der Waals surface area contributed by atoms with Crippen molar-refractivity contribution >= 4 is 30.3 Å².